The normalized spacial score (nSPS) is 20.3. The van der Waals surface area contributed by atoms with E-state index in [1.165, 1.54) is 12.0 Å². The van der Waals surface area contributed by atoms with Crippen molar-refractivity contribution in [3.63, 3.8) is 0 Å². The number of benzene rings is 1. The Kier molecular flexibility index (Phi) is 5.83. The molecule has 2 N–H and O–H groups in total. The van der Waals surface area contributed by atoms with Gasteiger partial charge in [0.05, 0.1) is 12.7 Å². The zero-order chi connectivity index (χ0) is 14.4. The Morgan fingerprint density at radius 2 is 2.35 bits per heavy atom. The number of nitrogens with zero attached hydrogens (tertiary/aromatic N) is 1. The summed E-state index contributed by atoms with van der Waals surface area (Å²) in [5.41, 5.74) is 7.19. The second-order valence-corrected chi connectivity index (χ2v) is 5.33. The van der Waals surface area contributed by atoms with E-state index >= 15 is 0 Å². The molecule has 0 radical (unpaired) electrons. The van der Waals surface area contributed by atoms with Crippen LogP contribution in [-0.4, -0.2) is 44.4 Å². The maximum absolute atomic E-state index is 5.98. The SMILES string of the molecule is CCOc1cccc(C(CN)N(C)CC2CCCO2)c1. The second kappa shape index (κ2) is 7.62. The van der Waals surface area contributed by atoms with Crippen molar-refractivity contribution in [1.82, 2.24) is 4.90 Å². The molecule has 2 rings (SSSR count). The van der Waals surface area contributed by atoms with Crippen molar-refractivity contribution in [3.8, 4) is 5.75 Å². The molecule has 112 valence electrons. The topological polar surface area (TPSA) is 47.7 Å². The van der Waals surface area contributed by atoms with E-state index in [4.69, 9.17) is 15.2 Å². The molecule has 1 aliphatic rings. The lowest BCUT2D eigenvalue weighted by atomic mass is 10.0. The molecule has 1 fully saturated rings. The van der Waals surface area contributed by atoms with E-state index in [2.05, 4.69) is 24.1 Å². The highest BCUT2D eigenvalue weighted by molar-refractivity contribution is 5.30. The lowest BCUT2D eigenvalue weighted by molar-refractivity contribution is 0.0689. The lowest BCUT2D eigenvalue weighted by Crippen LogP contribution is -2.36. The highest BCUT2D eigenvalue weighted by Gasteiger charge is 2.22. The molecular weight excluding hydrogens is 252 g/mol. The van der Waals surface area contributed by atoms with Crippen molar-refractivity contribution in [2.45, 2.75) is 31.9 Å². The number of hydrogen-bond acceptors (Lipinski definition) is 4. The lowest BCUT2D eigenvalue weighted by Gasteiger charge is -2.29. The van der Waals surface area contributed by atoms with E-state index < -0.39 is 0 Å². The van der Waals surface area contributed by atoms with Crippen molar-refractivity contribution in [2.75, 3.05) is 33.4 Å². The predicted molar refractivity (Wildman–Crippen MR) is 81.0 cm³/mol. The molecule has 4 nitrogen and oxygen atoms in total. The largest absolute Gasteiger partial charge is 0.494 e. The zero-order valence-electron chi connectivity index (χ0n) is 12.5. The van der Waals surface area contributed by atoms with E-state index in [0.717, 1.165) is 25.3 Å². The molecule has 2 unspecified atom stereocenters. The van der Waals surface area contributed by atoms with E-state index in [-0.39, 0.29) is 6.04 Å². The molecule has 1 aliphatic heterocycles. The number of nitrogens with two attached hydrogens (primary N) is 1. The first-order chi connectivity index (χ1) is 9.74. The zero-order valence-corrected chi connectivity index (χ0v) is 12.5. The predicted octanol–water partition coefficient (Wildman–Crippen LogP) is 2.20. The van der Waals surface area contributed by atoms with Crippen molar-refractivity contribution < 1.29 is 9.47 Å². The summed E-state index contributed by atoms with van der Waals surface area (Å²) >= 11 is 0. The molecule has 2 atom stereocenters. The third-order valence-electron chi connectivity index (χ3n) is 3.82. The third-order valence-corrected chi connectivity index (χ3v) is 3.82. The van der Waals surface area contributed by atoms with Gasteiger partial charge in [-0.1, -0.05) is 12.1 Å². The molecule has 20 heavy (non-hydrogen) atoms. The monoisotopic (exact) mass is 278 g/mol. The maximum Gasteiger partial charge on any atom is 0.119 e. The number of hydrogen-bond donors (Lipinski definition) is 1. The first kappa shape index (κ1) is 15.3. The number of likely N-dealkylation sites (N-methyl/N-ethyl adjacent to an activating group) is 1. The first-order valence-corrected chi connectivity index (χ1v) is 7.49. The minimum atomic E-state index is 0.208. The summed E-state index contributed by atoms with van der Waals surface area (Å²) < 4.78 is 11.3. The van der Waals surface area contributed by atoms with Gasteiger partial charge in [-0.05, 0) is 44.5 Å². The van der Waals surface area contributed by atoms with Crippen LogP contribution in [0.5, 0.6) is 5.75 Å². The van der Waals surface area contributed by atoms with Gasteiger partial charge in [-0.15, -0.1) is 0 Å². The number of rotatable bonds is 7. The Hall–Kier alpha value is -1.10. The molecule has 0 aromatic heterocycles. The van der Waals surface area contributed by atoms with Crippen LogP contribution in [0.4, 0.5) is 0 Å². The Labute approximate surface area is 121 Å². The standard InChI is InChI=1S/C16H26N2O2/c1-3-19-14-7-4-6-13(10-14)16(11-17)18(2)12-15-8-5-9-20-15/h4,6-7,10,15-16H,3,5,8-9,11-12,17H2,1-2H3. The van der Waals surface area contributed by atoms with E-state index in [1.54, 1.807) is 0 Å². The highest BCUT2D eigenvalue weighted by Crippen LogP contribution is 2.24. The summed E-state index contributed by atoms with van der Waals surface area (Å²) in [6.45, 7) is 5.10. The van der Waals surface area contributed by atoms with Gasteiger partial charge in [-0.2, -0.15) is 0 Å². The Morgan fingerprint density at radius 1 is 1.50 bits per heavy atom. The summed E-state index contributed by atoms with van der Waals surface area (Å²) in [7, 11) is 2.12. The second-order valence-electron chi connectivity index (χ2n) is 5.33. The van der Waals surface area contributed by atoms with Crippen molar-refractivity contribution >= 4 is 0 Å². The fourth-order valence-corrected chi connectivity index (χ4v) is 2.79. The van der Waals surface area contributed by atoms with Crippen LogP contribution < -0.4 is 10.5 Å². The van der Waals surface area contributed by atoms with Crippen LogP contribution in [-0.2, 0) is 4.74 Å². The van der Waals surface area contributed by atoms with Gasteiger partial charge in [-0.25, -0.2) is 0 Å². The van der Waals surface area contributed by atoms with Gasteiger partial charge >= 0.3 is 0 Å². The highest BCUT2D eigenvalue weighted by atomic mass is 16.5. The minimum absolute atomic E-state index is 0.208. The van der Waals surface area contributed by atoms with E-state index in [1.807, 2.05) is 19.1 Å². The van der Waals surface area contributed by atoms with E-state index in [0.29, 0.717) is 19.3 Å². The smallest absolute Gasteiger partial charge is 0.119 e. The molecule has 1 aromatic carbocycles. The fourth-order valence-electron chi connectivity index (χ4n) is 2.79. The summed E-state index contributed by atoms with van der Waals surface area (Å²) in [5.74, 6) is 0.911. The van der Waals surface area contributed by atoms with E-state index in [9.17, 15) is 0 Å². The van der Waals surface area contributed by atoms with Crippen LogP contribution in [0.2, 0.25) is 0 Å². The van der Waals surface area contributed by atoms with Crippen LogP contribution in [0.25, 0.3) is 0 Å². The average molecular weight is 278 g/mol. The van der Waals surface area contributed by atoms with Gasteiger partial charge in [0.15, 0.2) is 0 Å². The van der Waals surface area contributed by atoms with Gasteiger partial charge in [0.2, 0.25) is 0 Å². The quantitative estimate of drug-likeness (QED) is 0.830. The minimum Gasteiger partial charge on any atom is -0.494 e. The molecule has 1 heterocycles. The van der Waals surface area contributed by atoms with Crippen molar-refractivity contribution in [2.24, 2.45) is 5.73 Å². The molecule has 0 amide bonds. The molecule has 1 aromatic rings. The summed E-state index contributed by atoms with van der Waals surface area (Å²) in [4.78, 5) is 2.29. The van der Waals surface area contributed by atoms with Crippen molar-refractivity contribution in [3.05, 3.63) is 29.8 Å². The molecule has 0 saturated carbocycles. The maximum atomic E-state index is 5.98. The number of ether oxygens (including phenoxy) is 2. The molecule has 0 bridgehead atoms. The van der Waals surface area contributed by atoms with Crippen LogP contribution in [0, 0.1) is 0 Å². The third kappa shape index (κ3) is 3.95. The van der Waals surface area contributed by atoms with Crippen LogP contribution in [0.1, 0.15) is 31.4 Å². The van der Waals surface area contributed by atoms with Crippen LogP contribution in [0.3, 0.4) is 0 Å². The molecular formula is C16H26N2O2. The van der Waals surface area contributed by atoms with Gasteiger partial charge in [0.1, 0.15) is 5.75 Å². The molecule has 4 heteroatoms. The Morgan fingerprint density at radius 3 is 3.00 bits per heavy atom. The fraction of sp³-hybridized carbons (Fsp3) is 0.625. The van der Waals surface area contributed by atoms with Gasteiger partial charge in [-0.3, -0.25) is 4.90 Å². The first-order valence-electron chi connectivity index (χ1n) is 7.49. The Bertz CT molecular complexity index is 405. The average Bonchev–Trinajstić information content (AvgIpc) is 2.93. The Balaban J connectivity index is 2.03. The summed E-state index contributed by atoms with van der Waals surface area (Å²) in [6.07, 6.45) is 2.68. The molecule has 1 saturated heterocycles. The summed E-state index contributed by atoms with van der Waals surface area (Å²) in [6, 6.07) is 8.43. The summed E-state index contributed by atoms with van der Waals surface area (Å²) in [5, 5.41) is 0. The van der Waals surface area contributed by atoms with Crippen LogP contribution >= 0.6 is 0 Å². The van der Waals surface area contributed by atoms with Gasteiger partial charge < -0.3 is 15.2 Å². The molecule has 0 aliphatic carbocycles. The van der Waals surface area contributed by atoms with Crippen LogP contribution in [0.15, 0.2) is 24.3 Å². The van der Waals surface area contributed by atoms with Crippen molar-refractivity contribution in [1.29, 1.82) is 0 Å². The van der Waals surface area contributed by atoms with Gasteiger partial charge in [0.25, 0.3) is 0 Å². The van der Waals surface area contributed by atoms with Gasteiger partial charge in [0, 0.05) is 25.7 Å². The molecule has 0 spiro atoms.